The second kappa shape index (κ2) is 12.6. The quantitative estimate of drug-likeness (QED) is 0.104. The molecule has 0 spiro atoms. The van der Waals surface area contributed by atoms with Crippen molar-refractivity contribution in [2.24, 2.45) is 0 Å². The van der Waals surface area contributed by atoms with Crippen molar-refractivity contribution in [3.8, 4) is 20.9 Å². The van der Waals surface area contributed by atoms with Gasteiger partial charge in [-0.15, -0.1) is 61.9 Å². The lowest BCUT2D eigenvalue weighted by Crippen LogP contribution is -2.00. The monoisotopic (exact) mass is 564 g/mol. The Morgan fingerprint density at radius 2 is 1.17 bits per heavy atom. The highest BCUT2D eigenvalue weighted by molar-refractivity contribution is 7.81. The SMILES string of the molecule is CCCCCCCCc1cc(-c2cc(S)c(C(=O)O)c(S)c2)sc1-c1cc(S)c(C(=O)O)c(S)c1. The number of rotatable bonds is 11. The van der Waals surface area contributed by atoms with Crippen molar-refractivity contribution in [2.45, 2.75) is 71.5 Å². The first-order chi connectivity index (χ1) is 16.6. The normalized spacial score (nSPS) is 11.1. The first-order valence-electron chi connectivity index (χ1n) is 11.4. The van der Waals surface area contributed by atoms with Crippen molar-refractivity contribution >= 4 is 73.8 Å². The van der Waals surface area contributed by atoms with Crippen molar-refractivity contribution in [1.82, 2.24) is 0 Å². The van der Waals surface area contributed by atoms with Crippen molar-refractivity contribution in [2.75, 3.05) is 0 Å². The summed E-state index contributed by atoms with van der Waals surface area (Å²) in [4.78, 5) is 26.5. The van der Waals surface area contributed by atoms with Gasteiger partial charge in [-0.05, 0) is 59.9 Å². The van der Waals surface area contributed by atoms with Gasteiger partial charge in [0.2, 0.25) is 0 Å². The van der Waals surface area contributed by atoms with E-state index in [1.807, 2.05) is 0 Å². The molecule has 2 aromatic carbocycles. The third kappa shape index (κ3) is 6.83. The number of thiol groups is 4. The summed E-state index contributed by atoms with van der Waals surface area (Å²) < 4.78 is 0. The van der Waals surface area contributed by atoms with Gasteiger partial charge in [0.25, 0.3) is 0 Å². The predicted molar refractivity (Wildman–Crippen MR) is 155 cm³/mol. The largest absolute Gasteiger partial charge is 0.478 e. The number of hydrogen-bond acceptors (Lipinski definition) is 7. The topological polar surface area (TPSA) is 74.6 Å². The maximum Gasteiger partial charge on any atom is 0.337 e. The molecule has 0 radical (unpaired) electrons. The number of hydrogen-bond donors (Lipinski definition) is 6. The van der Waals surface area contributed by atoms with Crippen LogP contribution in [0.4, 0.5) is 0 Å². The third-order valence-corrected chi connectivity index (χ3v) is 8.46. The Hall–Kier alpha value is -1.52. The van der Waals surface area contributed by atoms with E-state index < -0.39 is 11.9 Å². The molecule has 4 nitrogen and oxygen atoms in total. The molecule has 3 rings (SSSR count). The summed E-state index contributed by atoms with van der Waals surface area (Å²) >= 11 is 19.2. The van der Waals surface area contributed by atoms with Crippen molar-refractivity contribution in [1.29, 1.82) is 0 Å². The maximum atomic E-state index is 11.6. The Morgan fingerprint density at radius 3 is 1.66 bits per heavy atom. The molecule has 0 atom stereocenters. The molecule has 1 heterocycles. The first-order valence-corrected chi connectivity index (χ1v) is 14.0. The predicted octanol–water partition coefficient (Wildman–Crippen LogP) is 8.54. The number of carbonyl (C=O) groups is 2. The molecule has 186 valence electrons. The molecule has 2 N–H and O–H groups in total. The van der Waals surface area contributed by atoms with Crippen LogP contribution in [0, 0.1) is 0 Å². The molecule has 0 aliphatic carbocycles. The molecule has 0 unspecified atom stereocenters. The fraction of sp³-hybridized carbons (Fsp3) is 0.308. The highest BCUT2D eigenvalue weighted by Crippen LogP contribution is 2.42. The van der Waals surface area contributed by atoms with Crippen LogP contribution in [0.2, 0.25) is 0 Å². The molecule has 0 aliphatic rings. The zero-order valence-electron chi connectivity index (χ0n) is 19.2. The average Bonchev–Trinajstić information content (AvgIpc) is 3.19. The van der Waals surface area contributed by atoms with E-state index >= 15 is 0 Å². The molecule has 0 fully saturated rings. The van der Waals surface area contributed by atoms with Crippen LogP contribution in [0.5, 0.6) is 0 Å². The molecule has 9 heteroatoms. The molecule has 0 saturated heterocycles. The molecule has 3 aromatic rings. The van der Waals surface area contributed by atoms with Gasteiger partial charge in [0.15, 0.2) is 0 Å². The lowest BCUT2D eigenvalue weighted by Gasteiger charge is -2.09. The van der Waals surface area contributed by atoms with Gasteiger partial charge in [0, 0.05) is 29.3 Å². The van der Waals surface area contributed by atoms with Crippen molar-refractivity contribution in [3.05, 3.63) is 47.0 Å². The van der Waals surface area contributed by atoms with E-state index in [0.29, 0.717) is 19.6 Å². The number of benzene rings is 2. The molecule has 1 aromatic heterocycles. The number of thiophene rings is 1. The Bertz CT molecular complexity index is 1200. The van der Waals surface area contributed by atoms with Crippen LogP contribution in [0.15, 0.2) is 49.9 Å². The van der Waals surface area contributed by atoms with E-state index in [1.165, 1.54) is 25.7 Å². The van der Waals surface area contributed by atoms with E-state index in [4.69, 9.17) is 0 Å². The van der Waals surface area contributed by atoms with Gasteiger partial charge in [0.1, 0.15) is 0 Å². The van der Waals surface area contributed by atoms with Crippen LogP contribution in [0.1, 0.15) is 71.7 Å². The van der Waals surface area contributed by atoms with Gasteiger partial charge in [0.05, 0.1) is 11.1 Å². The standard InChI is InChI=1S/C26H28O4S5/c1-2-3-4-5-6-7-8-14-13-21(15-9-17(31)22(25(27)28)18(32)10-15)35-24(14)16-11-19(33)23(26(29)30)20(34)12-16/h9-13,31-34H,2-8H2,1H3,(H,27,28)(H,29,30). The van der Waals surface area contributed by atoms with Gasteiger partial charge in [-0.2, -0.15) is 0 Å². The summed E-state index contributed by atoms with van der Waals surface area (Å²) in [6.45, 7) is 2.20. The highest BCUT2D eigenvalue weighted by Gasteiger charge is 2.20. The van der Waals surface area contributed by atoms with Crippen LogP contribution >= 0.6 is 61.9 Å². The average molecular weight is 565 g/mol. The van der Waals surface area contributed by atoms with Crippen LogP contribution in [0.3, 0.4) is 0 Å². The number of carboxylic acid groups (broad SMARTS) is 2. The lowest BCUT2D eigenvalue weighted by molar-refractivity contribution is 0.0678. The summed E-state index contributed by atoms with van der Waals surface area (Å²) in [7, 11) is 0. The second-order valence-electron chi connectivity index (χ2n) is 8.37. The van der Waals surface area contributed by atoms with Crippen LogP contribution in [0.25, 0.3) is 20.9 Å². The molecular weight excluding hydrogens is 537 g/mol. The Kier molecular flexibility index (Phi) is 10.1. The Labute approximate surface area is 231 Å². The first kappa shape index (κ1) is 28.1. The fourth-order valence-electron chi connectivity index (χ4n) is 4.03. The zero-order valence-corrected chi connectivity index (χ0v) is 23.6. The van der Waals surface area contributed by atoms with Gasteiger partial charge < -0.3 is 10.2 Å². The van der Waals surface area contributed by atoms with Crippen LogP contribution < -0.4 is 0 Å². The smallest absolute Gasteiger partial charge is 0.337 e. The minimum absolute atomic E-state index is 0.0770. The highest BCUT2D eigenvalue weighted by atomic mass is 32.1. The molecule has 35 heavy (non-hydrogen) atoms. The van der Waals surface area contributed by atoms with E-state index in [1.54, 1.807) is 35.6 Å². The van der Waals surface area contributed by atoms with E-state index in [0.717, 1.165) is 45.7 Å². The number of carboxylic acids is 2. The van der Waals surface area contributed by atoms with Crippen LogP contribution in [-0.2, 0) is 6.42 Å². The summed E-state index contributed by atoms with van der Waals surface area (Å²) in [5.41, 5.74) is 3.02. The summed E-state index contributed by atoms with van der Waals surface area (Å²) in [6, 6.07) is 9.17. The fourth-order valence-corrected chi connectivity index (χ4v) is 6.81. The lowest BCUT2D eigenvalue weighted by atomic mass is 10.0. The van der Waals surface area contributed by atoms with Gasteiger partial charge in [-0.1, -0.05) is 39.0 Å². The Balaban J connectivity index is 2.02. The van der Waals surface area contributed by atoms with Crippen molar-refractivity contribution < 1.29 is 19.8 Å². The van der Waals surface area contributed by atoms with E-state index in [9.17, 15) is 19.8 Å². The van der Waals surface area contributed by atoms with Crippen molar-refractivity contribution in [3.63, 3.8) is 0 Å². The summed E-state index contributed by atoms with van der Waals surface area (Å²) in [5.74, 6) is -2.13. The van der Waals surface area contributed by atoms with Gasteiger partial charge in [-0.25, -0.2) is 9.59 Å². The minimum Gasteiger partial charge on any atom is -0.478 e. The molecule has 0 saturated carbocycles. The van der Waals surface area contributed by atoms with Gasteiger partial charge >= 0.3 is 11.9 Å². The maximum absolute atomic E-state index is 11.6. The van der Waals surface area contributed by atoms with E-state index in [-0.39, 0.29) is 11.1 Å². The minimum atomic E-state index is -1.07. The molecule has 0 amide bonds. The molecule has 0 bridgehead atoms. The summed E-state index contributed by atoms with van der Waals surface area (Å²) in [5, 5.41) is 18.9. The number of unbranched alkanes of at least 4 members (excludes halogenated alkanes) is 5. The molecular formula is C26H28O4S5. The zero-order chi connectivity index (χ0) is 25.7. The molecule has 0 aliphatic heterocycles. The third-order valence-electron chi connectivity index (χ3n) is 5.78. The Morgan fingerprint density at radius 1 is 0.714 bits per heavy atom. The summed E-state index contributed by atoms with van der Waals surface area (Å²) in [6.07, 6.45) is 8.00. The second-order valence-corrected chi connectivity index (χ2v) is 11.4. The number of aryl methyl sites for hydroxylation is 1. The van der Waals surface area contributed by atoms with E-state index in [2.05, 4.69) is 63.5 Å². The number of aromatic carboxylic acids is 2. The van der Waals surface area contributed by atoms with Crippen LogP contribution in [-0.4, -0.2) is 22.2 Å². The van der Waals surface area contributed by atoms with Gasteiger partial charge in [-0.3, -0.25) is 0 Å².